The zero-order valence-electron chi connectivity index (χ0n) is 26.6. The van der Waals surface area contributed by atoms with Gasteiger partial charge in [0.15, 0.2) is 0 Å². The molecule has 4 aliphatic rings. The Bertz CT molecular complexity index is 1590. The van der Waals surface area contributed by atoms with Gasteiger partial charge in [0.05, 0.1) is 17.3 Å². The fourth-order valence-corrected chi connectivity index (χ4v) is 8.44. The van der Waals surface area contributed by atoms with Gasteiger partial charge in [-0.1, -0.05) is 54.6 Å². The monoisotopic (exact) mass is 606 g/mol. The van der Waals surface area contributed by atoms with Crippen LogP contribution >= 0.6 is 0 Å². The number of piperidine rings is 1. The molecule has 2 saturated carbocycles. The van der Waals surface area contributed by atoms with Crippen LogP contribution in [-0.2, 0) is 18.3 Å². The van der Waals surface area contributed by atoms with Crippen LogP contribution in [0, 0.1) is 5.92 Å². The SMILES string of the molecule is C=C1CC[C@@]2(O)[C@H]3Cc4ccc(C(=O)NCCc5ccc(-c6ccc(OC(C)C)cc6)cc5)c(O)c4[C@@]2(CCN3CC2CC2)C1. The van der Waals surface area contributed by atoms with Crippen LogP contribution in [0.1, 0.15) is 79.4 Å². The molecule has 1 saturated heterocycles. The smallest absolute Gasteiger partial charge is 0.255 e. The first-order chi connectivity index (χ1) is 21.7. The van der Waals surface area contributed by atoms with Crippen molar-refractivity contribution < 1.29 is 19.7 Å². The molecule has 0 spiro atoms. The molecular formula is C39H46N2O4. The number of rotatable bonds is 9. The first-order valence-corrected chi connectivity index (χ1v) is 16.8. The molecule has 3 atom stereocenters. The van der Waals surface area contributed by atoms with Gasteiger partial charge in [-0.3, -0.25) is 9.69 Å². The number of phenolic OH excluding ortho intramolecular Hbond substituents is 1. The summed E-state index contributed by atoms with van der Waals surface area (Å²) in [6.45, 7) is 10.8. The topological polar surface area (TPSA) is 82.0 Å². The number of likely N-dealkylation sites (tertiary alicyclic amines) is 1. The molecule has 6 nitrogen and oxygen atoms in total. The average molecular weight is 607 g/mol. The lowest BCUT2D eigenvalue weighted by Gasteiger charge is -2.64. The van der Waals surface area contributed by atoms with E-state index in [-0.39, 0.29) is 23.8 Å². The fourth-order valence-electron chi connectivity index (χ4n) is 8.44. The summed E-state index contributed by atoms with van der Waals surface area (Å²) < 4.78 is 5.75. The Morgan fingerprint density at radius 3 is 2.44 bits per heavy atom. The van der Waals surface area contributed by atoms with Crippen molar-refractivity contribution in [3.8, 4) is 22.6 Å². The molecule has 1 aliphatic heterocycles. The van der Waals surface area contributed by atoms with Gasteiger partial charge in [-0.05, 0) is 118 Å². The molecule has 0 radical (unpaired) electrons. The number of fused-ring (bicyclic) bond motifs is 1. The van der Waals surface area contributed by atoms with E-state index in [1.54, 1.807) is 6.07 Å². The number of allylic oxidation sites excluding steroid dienone is 1. The maximum atomic E-state index is 13.5. The number of carbonyl (C=O) groups excluding carboxylic acids is 1. The van der Waals surface area contributed by atoms with Gasteiger partial charge < -0.3 is 20.3 Å². The molecule has 3 aliphatic carbocycles. The number of benzene rings is 3. The van der Waals surface area contributed by atoms with Crippen molar-refractivity contribution >= 4 is 5.91 Å². The lowest BCUT2D eigenvalue weighted by atomic mass is 9.48. The number of nitrogens with one attached hydrogen (secondary N) is 1. The van der Waals surface area contributed by atoms with E-state index in [1.807, 2.05) is 32.0 Å². The minimum Gasteiger partial charge on any atom is -0.507 e. The van der Waals surface area contributed by atoms with Crippen LogP contribution in [0.4, 0.5) is 0 Å². The summed E-state index contributed by atoms with van der Waals surface area (Å²) >= 11 is 0. The van der Waals surface area contributed by atoms with E-state index in [1.165, 1.54) is 12.8 Å². The highest BCUT2D eigenvalue weighted by Crippen LogP contribution is 2.61. The second-order valence-corrected chi connectivity index (χ2v) is 14.2. The largest absolute Gasteiger partial charge is 0.507 e. The van der Waals surface area contributed by atoms with Crippen LogP contribution in [0.5, 0.6) is 11.5 Å². The molecule has 45 heavy (non-hydrogen) atoms. The Hall–Kier alpha value is -3.61. The predicted molar refractivity (Wildman–Crippen MR) is 178 cm³/mol. The van der Waals surface area contributed by atoms with Gasteiger partial charge in [-0.2, -0.15) is 0 Å². The molecule has 0 aromatic heterocycles. The van der Waals surface area contributed by atoms with E-state index in [0.717, 1.165) is 71.0 Å². The fraction of sp³-hybridized carbons (Fsp3) is 0.462. The molecule has 6 heteroatoms. The van der Waals surface area contributed by atoms with E-state index in [2.05, 4.69) is 53.2 Å². The first kappa shape index (κ1) is 30.1. The van der Waals surface area contributed by atoms with Crippen LogP contribution in [0.2, 0.25) is 0 Å². The molecular weight excluding hydrogens is 560 g/mol. The zero-order chi connectivity index (χ0) is 31.3. The number of amides is 1. The third kappa shape index (κ3) is 5.46. The Labute approximate surface area is 267 Å². The third-order valence-electron chi connectivity index (χ3n) is 10.9. The van der Waals surface area contributed by atoms with Crippen molar-refractivity contribution in [1.29, 1.82) is 0 Å². The Balaban J connectivity index is 1.05. The molecule has 2 bridgehead atoms. The lowest BCUT2D eigenvalue weighted by Crippen LogP contribution is -2.72. The van der Waals surface area contributed by atoms with Crippen molar-refractivity contribution in [1.82, 2.24) is 10.2 Å². The summed E-state index contributed by atoms with van der Waals surface area (Å²) in [4.78, 5) is 16.0. The van der Waals surface area contributed by atoms with Gasteiger partial charge in [0.2, 0.25) is 0 Å². The average Bonchev–Trinajstić information content (AvgIpc) is 3.83. The Kier molecular flexibility index (Phi) is 7.77. The second kappa shape index (κ2) is 11.6. The van der Waals surface area contributed by atoms with E-state index in [4.69, 9.17) is 4.74 Å². The van der Waals surface area contributed by atoms with Crippen molar-refractivity contribution in [3.05, 3.63) is 95.1 Å². The number of hydrogen-bond donors (Lipinski definition) is 3. The zero-order valence-corrected chi connectivity index (χ0v) is 26.6. The summed E-state index contributed by atoms with van der Waals surface area (Å²) in [5, 5.41) is 27.3. The van der Waals surface area contributed by atoms with Crippen LogP contribution in [0.25, 0.3) is 11.1 Å². The number of aliphatic hydroxyl groups is 1. The second-order valence-electron chi connectivity index (χ2n) is 14.2. The number of aromatic hydroxyl groups is 1. The quantitative estimate of drug-likeness (QED) is 0.240. The highest BCUT2D eigenvalue weighted by atomic mass is 16.5. The molecule has 3 aromatic carbocycles. The van der Waals surface area contributed by atoms with Crippen molar-refractivity contribution in [2.24, 2.45) is 5.92 Å². The van der Waals surface area contributed by atoms with Crippen LogP contribution in [-0.4, -0.2) is 58.4 Å². The van der Waals surface area contributed by atoms with E-state index in [9.17, 15) is 15.0 Å². The van der Waals surface area contributed by atoms with Crippen molar-refractivity contribution in [2.45, 2.75) is 88.4 Å². The molecule has 3 N–H and O–H groups in total. The Morgan fingerprint density at radius 1 is 1.04 bits per heavy atom. The number of phenols is 1. The summed E-state index contributed by atoms with van der Waals surface area (Å²) in [7, 11) is 0. The highest BCUT2D eigenvalue weighted by Gasteiger charge is 2.65. The predicted octanol–water partition coefficient (Wildman–Crippen LogP) is 6.57. The highest BCUT2D eigenvalue weighted by molar-refractivity contribution is 5.97. The van der Waals surface area contributed by atoms with Crippen LogP contribution in [0.15, 0.2) is 72.8 Å². The van der Waals surface area contributed by atoms with Gasteiger partial charge in [0.25, 0.3) is 5.91 Å². The van der Waals surface area contributed by atoms with Gasteiger partial charge in [0, 0.05) is 30.1 Å². The lowest BCUT2D eigenvalue weighted by molar-refractivity contribution is -0.159. The summed E-state index contributed by atoms with van der Waals surface area (Å²) in [5.74, 6) is 1.38. The minimum atomic E-state index is -0.934. The minimum absolute atomic E-state index is 0.0381. The summed E-state index contributed by atoms with van der Waals surface area (Å²) in [6.07, 6.45) is 6.99. The molecule has 3 aromatic rings. The molecule has 3 fully saturated rings. The number of nitrogens with zero attached hydrogens (tertiary/aromatic N) is 1. The molecule has 7 rings (SSSR count). The Morgan fingerprint density at radius 2 is 1.76 bits per heavy atom. The van der Waals surface area contributed by atoms with Gasteiger partial charge in [0.1, 0.15) is 11.5 Å². The van der Waals surface area contributed by atoms with Gasteiger partial charge >= 0.3 is 0 Å². The normalized spacial score (nSPS) is 25.9. The van der Waals surface area contributed by atoms with E-state index >= 15 is 0 Å². The van der Waals surface area contributed by atoms with Gasteiger partial charge in [-0.25, -0.2) is 0 Å². The number of ether oxygens (including phenoxy) is 1. The van der Waals surface area contributed by atoms with Gasteiger partial charge in [-0.15, -0.1) is 0 Å². The molecule has 1 heterocycles. The molecule has 1 amide bonds. The van der Waals surface area contributed by atoms with Crippen LogP contribution in [0.3, 0.4) is 0 Å². The van der Waals surface area contributed by atoms with Crippen molar-refractivity contribution in [2.75, 3.05) is 19.6 Å². The molecule has 236 valence electrons. The summed E-state index contributed by atoms with van der Waals surface area (Å²) in [5.41, 5.74) is 5.12. The number of hydrogen-bond acceptors (Lipinski definition) is 5. The van der Waals surface area contributed by atoms with Crippen LogP contribution < -0.4 is 10.1 Å². The maximum absolute atomic E-state index is 13.5. The summed E-state index contributed by atoms with van der Waals surface area (Å²) in [6, 6.07) is 20.4. The van der Waals surface area contributed by atoms with E-state index < -0.39 is 11.0 Å². The molecule has 0 unspecified atom stereocenters. The van der Waals surface area contributed by atoms with Crippen molar-refractivity contribution in [3.63, 3.8) is 0 Å². The maximum Gasteiger partial charge on any atom is 0.255 e. The third-order valence-corrected chi connectivity index (χ3v) is 10.9. The first-order valence-electron chi connectivity index (χ1n) is 16.8. The number of carbonyl (C=O) groups is 1. The standard InChI is InChI=1S/C39H46N2O4/c1-25(2)45-32-13-10-30(11-14-32)29-8-6-27(7-9-29)17-20-40-37(43)33-15-12-31-22-34-39(44)18-16-26(3)23-38(39,35(31)36(33)42)19-21-41(34)24-28-4-5-28/h6-15,25,28,34,42,44H,3-5,16-24H2,1-2H3,(H,40,43)/t34-,38-,39-/m1/s1. The van der Waals surface area contributed by atoms with E-state index in [0.29, 0.717) is 37.8 Å².